The van der Waals surface area contributed by atoms with Gasteiger partial charge in [-0.1, -0.05) is 22.0 Å². The van der Waals surface area contributed by atoms with E-state index < -0.39 is 0 Å². The van der Waals surface area contributed by atoms with E-state index >= 15 is 0 Å². The van der Waals surface area contributed by atoms with Crippen LogP contribution >= 0.6 is 15.9 Å². The van der Waals surface area contributed by atoms with Crippen molar-refractivity contribution in [1.82, 2.24) is 4.90 Å². The summed E-state index contributed by atoms with van der Waals surface area (Å²) in [7, 11) is 3.87. The molecule has 0 N–H and O–H groups in total. The highest BCUT2D eigenvalue weighted by Gasteiger charge is 2.18. The average molecular weight is 314 g/mol. The maximum atomic E-state index is 5.42. The van der Waals surface area contributed by atoms with Crippen LogP contribution in [0.2, 0.25) is 0 Å². The van der Waals surface area contributed by atoms with Crippen molar-refractivity contribution in [3.8, 4) is 5.75 Å². The fraction of sp³-hybridized carbons (Fsp3) is 0.571. The Morgan fingerprint density at radius 3 is 3.00 bits per heavy atom. The van der Waals surface area contributed by atoms with Gasteiger partial charge in [-0.15, -0.1) is 0 Å². The van der Waals surface area contributed by atoms with Crippen LogP contribution in [0.3, 0.4) is 0 Å². The van der Waals surface area contributed by atoms with Crippen LogP contribution in [0.4, 0.5) is 0 Å². The number of halogens is 1. The Morgan fingerprint density at radius 1 is 1.50 bits per heavy atom. The molecule has 1 heterocycles. The Balaban J connectivity index is 1.95. The molecule has 0 saturated carbocycles. The minimum absolute atomic E-state index is 0.677. The maximum absolute atomic E-state index is 5.42. The zero-order valence-corrected chi connectivity index (χ0v) is 12.6. The van der Waals surface area contributed by atoms with Gasteiger partial charge in [0.25, 0.3) is 0 Å². The van der Waals surface area contributed by atoms with Crippen LogP contribution in [0.15, 0.2) is 22.7 Å². The molecule has 0 aromatic heterocycles. The molecule has 1 atom stereocenters. The summed E-state index contributed by atoms with van der Waals surface area (Å²) in [4.78, 5) is 2.34. The zero-order valence-electron chi connectivity index (χ0n) is 11.0. The predicted molar refractivity (Wildman–Crippen MR) is 76.0 cm³/mol. The van der Waals surface area contributed by atoms with E-state index in [-0.39, 0.29) is 0 Å². The van der Waals surface area contributed by atoms with Crippen LogP contribution in [0, 0.1) is 5.92 Å². The summed E-state index contributed by atoms with van der Waals surface area (Å²) in [5.41, 5.74) is 1.22. The van der Waals surface area contributed by atoms with Crippen molar-refractivity contribution < 1.29 is 9.47 Å². The smallest absolute Gasteiger partial charge is 0.124 e. The Bertz CT molecular complexity index is 391. The van der Waals surface area contributed by atoms with Gasteiger partial charge in [-0.2, -0.15) is 0 Å². The number of benzene rings is 1. The quantitative estimate of drug-likeness (QED) is 0.834. The van der Waals surface area contributed by atoms with Crippen LogP contribution in [0.1, 0.15) is 12.0 Å². The molecular weight excluding hydrogens is 294 g/mol. The Kier molecular flexibility index (Phi) is 5.03. The van der Waals surface area contributed by atoms with Gasteiger partial charge >= 0.3 is 0 Å². The molecule has 2 rings (SSSR count). The van der Waals surface area contributed by atoms with Gasteiger partial charge in [-0.3, -0.25) is 0 Å². The first-order chi connectivity index (χ1) is 8.69. The largest absolute Gasteiger partial charge is 0.496 e. The summed E-state index contributed by atoms with van der Waals surface area (Å²) in [6, 6.07) is 6.19. The molecular formula is C14H20BrNO2. The molecule has 4 heteroatoms. The van der Waals surface area contributed by atoms with E-state index in [9.17, 15) is 0 Å². The van der Waals surface area contributed by atoms with Crippen molar-refractivity contribution in [2.24, 2.45) is 5.92 Å². The number of hydrogen-bond acceptors (Lipinski definition) is 3. The minimum Gasteiger partial charge on any atom is -0.496 e. The van der Waals surface area contributed by atoms with Crippen LogP contribution in [0.25, 0.3) is 0 Å². The molecule has 0 aliphatic carbocycles. The fourth-order valence-electron chi connectivity index (χ4n) is 2.37. The molecule has 100 valence electrons. The van der Waals surface area contributed by atoms with Gasteiger partial charge in [-0.05, 0) is 31.5 Å². The molecule has 1 aliphatic heterocycles. The molecule has 0 radical (unpaired) electrons. The van der Waals surface area contributed by atoms with Crippen molar-refractivity contribution in [3.05, 3.63) is 28.2 Å². The SMILES string of the molecule is COc1cc(Br)ccc1CN(C)C[C@H]1CCOC1. The molecule has 1 aromatic rings. The van der Waals surface area contributed by atoms with E-state index in [2.05, 4.69) is 40.0 Å². The lowest BCUT2D eigenvalue weighted by atomic mass is 10.1. The van der Waals surface area contributed by atoms with Crippen LogP contribution in [0.5, 0.6) is 5.75 Å². The normalized spacial score (nSPS) is 19.4. The standard InChI is InChI=1S/C14H20BrNO2/c1-16(8-11-5-6-18-10-11)9-12-3-4-13(15)7-14(12)17-2/h3-4,7,11H,5-6,8-10H2,1-2H3/t11-/m1/s1. The van der Waals surface area contributed by atoms with Crippen LogP contribution < -0.4 is 4.74 Å². The third-order valence-corrected chi connectivity index (χ3v) is 3.78. The lowest BCUT2D eigenvalue weighted by Gasteiger charge is -2.21. The van der Waals surface area contributed by atoms with E-state index in [0.717, 1.165) is 36.5 Å². The number of ether oxygens (including phenoxy) is 2. The van der Waals surface area contributed by atoms with Crippen molar-refractivity contribution in [3.63, 3.8) is 0 Å². The van der Waals surface area contributed by atoms with Crippen molar-refractivity contribution in [2.75, 3.05) is 33.9 Å². The Labute approximate surface area is 117 Å². The van der Waals surface area contributed by atoms with Crippen molar-refractivity contribution in [1.29, 1.82) is 0 Å². The average Bonchev–Trinajstić information content (AvgIpc) is 2.84. The molecule has 0 amide bonds. The summed E-state index contributed by atoms with van der Waals surface area (Å²) in [6.45, 7) is 3.81. The summed E-state index contributed by atoms with van der Waals surface area (Å²) < 4.78 is 11.9. The van der Waals surface area contributed by atoms with E-state index in [1.165, 1.54) is 12.0 Å². The topological polar surface area (TPSA) is 21.7 Å². The molecule has 0 bridgehead atoms. The molecule has 1 saturated heterocycles. The molecule has 0 unspecified atom stereocenters. The summed E-state index contributed by atoms with van der Waals surface area (Å²) >= 11 is 3.46. The third kappa shape index (κ3) is 3.70. The van der Waals surface area contributed by atoms with Crippen molar-refractivity contribution >= 4 is 15.9 Å². The van der Waals surface area contributed by atoms with Crippen LogP contribution in [-0.2, 0) is 11.3 Å². The summed E-state index contributed by atoms with van der Waals surface area (Å²) in [6.07, 6.45) is 1.18. The molecule has 0 spiro atoms. The molecule has 1 aliphatic rings. The molecule has 18 heavy (non-hydrogen) atoms. The first-order valence-corrected chi connectivity index (χ1v) is 7.07. The maximum Gasteiger partial charge on any atom is 0.124 e. The lowest BCUT2D eigenvalue weighted by molar-refractivity contribution is 0.172. The highest BCUT2D eigenvalue weighted by molar-refractivity contribution is 9.10. The fourth-order valence-corrected chi connectivity index (χ4v) is 2.71. The van der Waals surface area contributed by atoms with Gasteiger partial charge in [0.05, 0.1) is 13.7 Å². The predicted octanol–water partition coefficient (Wildman–Crippen LogP) is 2.93. The number of methoxy groups -OCH3 is 1. The summed E-state index contributed by atoms with van der Waals surface area (Å²) in [5.74, 6) is 1.62. The number of hydrogen-bond donors (Lipinski definition) is 0. The Hall–Kier alpha value is -0.580. The summed E-state index contributed by atoms with van der Waals surface area (Å²) in [5, 5.41) is 0. The van der Waals surface area contributed by atoms with Gasteiger partial charge < -0.3 is 14.4 Å². The van der Waals surface area contributed by atoms with Gasteiger partial charge in [0, 0.05) is 29.7 Å². The van der Waals surface area contributed by atoms with E-state index in [1.807, 2.05) is 6.07 Å². The van der Waals surface area contributed by atoms with Gasteiger partial charge in [0.2, 0.25) is 0 Å². The Morgan fingerprint density at radius 2 is 2.33 bits per heavy atom. The lowest BCUT2D eigenvalue weighted by Crippen LogP contribution is -2.25. The van der Waals surface area contributed by atoms with E-state index in [4.69, 9.17) is 9.47 Å². The van der Waals surface area contributed by atoms with Gasteiger partial charge in [0.15, 0.2) is 0 Å². The molecule has 3 nitrogen and oxygen atoms in total. The zero-order chi connectivity index (χ0) is 13.0. The second-order valence-corrected chi connectivity index (χ2v) is 5.80. The number of rotatable bonds is 5. The monoisotopic (exact) mass is 313 g/mol. The second-order valence-electron chi connectivity index (χ2n) is 4.88. The third-order valence-electron chi connectivity index (χ3n) is 3.28. The molecule has 1 aromatic carbocycles. The minimum atomic E-state index is 0.677. The van der Waals surface area contributed by atoms with Gasteiger partial charge in [0.1, 0.15) is 5.75 Å². The first-order valence-electron chi connectivity index (χ1n) is 6.27. The molecule has 1 fully saturated rings. The van der Waals surface area contributed by atoms with Crippen LogP contribution in [-0.4, -0.2) is 38.8 Å². The van der Waals surface area contributed by atoms with Gasteiger partial charge in [-0.25, -0.2) is 0 Å². The highest BCUT2D eigenvalue weighted by Crippen LogP contribution is 2.25. The van der Waals surface area contributed by atoms with Crippen molar-refractivity contribution in [2.45, 2.75) is 13.0 Å². The van der Waals surface area contributed by atoms with E-state index in [1.54, 1.807) is 7.11 Å². The first kappa shape index (κ1) is 13.8. The second kappa shape index (κ2) is 6.55. The number of nitrogens with zero attached hydrogens (tertiary/aromatic N) is 1. The van der Waals surface area contributed by atoms with E-state index in [0.29, 0.717) is 5.92 Å². The highest BCUT2D eigenvalue weighted by atomic mass is 79.9.